The molecule has 0 atom stereocenters. The average Bonchev–Trinajstić information content (AvgIpc) is 2.13. The zero-order valence-corrected chi connectivity index (χ0v) is 9.22. The van der Waals surface area contributed by atoms with Gasteiger partial charge in [-0.05, 0) is 43.7 Å². The van der Waals surface area contributed by atoms with Crippen LogP contribution in [0.4, 0.5) is 0 Å². The quantitative estimate of drug-likeness (QED) is 0.647. The molecule has 0 amide bonds. The molecule has 0 unspecified atom stereocenters. The Morgan fingerprint density at radius 1 is 1.08 bits per heavy atom. The fourth-order valence-electron chi connectivity index (χ4n) is 1.93. The van der Waals surface area contributed by atoms with Crippen molar-refractivity contribution in [3.8, 4) is 0 Å². The second-order valence-electron chi connectivity index (χ2n) is 3.87. The van der Waals surface area contributed by atoms with Gasteiger partial charge < -0.3 is 0 Å². The number of aryl methyl sites for hydroxylation is 2. The zero-order valence-electron chi connectivity index (χ0n) is 9.22. The SMILES string of the molecule is CCC(CC)c1cc(C)ccc1C. The molecule has 0 N–H and O–H groups in total. The smallest absolute Gasteiger partial charge is 0.0164 e. The van der Waals surface area contributed by atoms with Crippen LogP contribution in [0.15, 0.2) is 18.2 Å². The van der Waals surface area contributed by atoms with Crippen molar-refractivity contribution in [2.24, 2.45) is 0 Å². The lowest BCUT2D eigenvalue weighted by Gasteiger charge is -2.16. The molecule has 0 aliphatic rings. The van der Waals surface area contributed by atoms with Crippen molar-refractivity contribution in [2.45, 2.75) is 46.5 Å². The molecule has 0 radical (unpaired) electrons. The highest BCUT2D eigenvalue weighted by molar-refractivity contribution is 5.33. The van der Waals surface area contributed by atoms with E-state index >= 15 is 0 Å². The Morgan fingerprint density at radius 2 is 1.69 bits per heavy atom. The van der Waals surface area contributed by atoms with Gasteiger partial charge in [0, 0.05) is 0 Å². The van der Waals surface area contributed by atoms with Gasteiger partial charge in [-0.3, -0.25) is 0 Å². The van der Waals surface area contributed by atoms with E-state index in [1.807, 2.05) is 0 Å². The maximum Gasteiger partial charge on any atom is -0.0164 e. The highest BCUT2D eigenvalue weighted by Gasteiger charge is 2.09. The number of rotatable bonds is 3. The molecule has 1 aromatic carbocycles. The summed E-state index contributed by atoms with van der Waals surface area (Å²) in [6.07, 6.45) is 2.50. The summed E-state index contributed by atoms with van der Waals surface area (Å²) in [5.41, 5.74) is 4.37. The van der Waals surface area contributed by atoms with Crippen molar-refractivity contribution in [1.29, 1.82) is 0 Å². The van der Waals surface area contributed by atoms with Crippen LogP contribution in [0.1, 0.15) is 49.3 Å². The van der Waals surface area contributed by atoms with E-state index in [1.165, 1.54) is 24.0 Å². The third kappa shape index (κ3) is 2.33. The molecule has 1 rings (SSSR count). The first-order valence-corrected chi connectivity index (χ1v) is 5.26. The molecule has 0 saturated carbocycles. The molecule has 0 heteroatoms. The normalized spacial score (nSPS) is 10.8. The Labute approximate surface area is 82.0 Å². The minimum absolute atomic E-state index is 0.750. The van der Waals surface area contributed by atoms with E-state index < -0.39 is 0 Å². The topological polar surface area (TPSA) is 0 Å². The molecule has 0 nitrogen and oxygen atoms in total. The Kier molecular flexibility index (Phi) is 3.53. The van der Waals surface area contributed by atoms with Gasteiger partial charge in [-0.15, -0.1) is 0 Å². The maximum atomic E-state index is 2.34. The zero-order chi connectivity index (χ0) is 9.84. The largest absolute Gasteiger partial charge is 0.0648 e. The highest BCUT2D eigenvalue weighted by atomic mass is 14.1. The fourth-order valence-corrected chi connectivity index (χ4v) is 1.93. The van der Waals surface area contributed by atoms with Crippen LogP contribution in [0.2, 0.25) is 0 Å². The predicted octanol–water partition coefficient (Wildman–Crippen LogP) is 4.21. The summed E-state index contributed by atoms with van der Waals surface area (Å²) < 4.78 is 0. The average molecular weight is 176 g/mol. The van der Waals surface area contributed by atoms with Gasteiger partial charge in [0.15, 0.2) is 0 Å². The minimum atomic E-state index is 0.750. The first-order chi connectivity index (χ1) is 6.19. The van der Waals surface area contributed by atoms with Gasteiger partial charge in [0.2, 0.25) is 0 Å². The lowest BCUT2D eigenvalue weighted by Crippen LogP contribution is -1.98. The van der Waals surface area contributed by atoms with Crippen molar-refractivity contribution in [1.82, 2.24) is 0 Å². The first kappa shape index (κ1) is 10.3. The van der Waals surface area contributed by atoms with E-state index in [9.17, 15) is 0 Å². The van der Waals surface area contributed by atoms with Gasteiger partial charge in [-0.2, -0.15) is 0 Å². The second kappa shape index (κ2) is 4.45. The molecule has 0 heterocycles. The van der Waals surface area contributed by atoms with Crippen LogP contribution in [-0.2, 0) is 0 Å². The maximum absolute atomic E-state index is 2.34. The lowest BCUT2D eigenvalue weighted by molar-refractivity contribution is 0.638. The van der Waals surface area contributed by atoms with Crippen molar-refractivity contribution in [3.05, 3.63) is 34.9 Å². The van der Waals surface area contributed by atoms with Gasteiger partial charge in [0.05, 0.1) is 0 Å². The summed E-state index contributed by atoms with van der Waals surface area (Å²) in [6, 6.07) is 6.78. The molecule has 0 fully saturated rings. The Morgan fingerprint density at radius 3 is 2.23 bits per heavy atom. The summed E-state index contributed by atoms with van der Waals surface area (Å²) in [6.45, 7) is 8.93. The molecule has 0 saturated heterocycles. The van der Waals surface area contributed by atoms with Crippen LogP contribution in [0, 0.1) is 13.8 Å². The molecule has 0 spiro atoms. The Hall–Kier alpha value is -0.780. The molecular weight excluding hydrogens is 156 g/mol. The Bertz CT molecular complexity index is 269. The molecular formula is C13H20. The number of hydrogen-bond acceptors (Lipinski definition) is 0. The van der Waals surface area contributed by atoms with Crippen LogP contribution >= 0.6 is 0 Å². The van der Waals surface area contributed by atoms with E-state index in [1.54, 1.807) is 5.56 Å². The van der Waals surface area contributed by atoms with E-state index in [-0.39, 0.29) is 0 Å². The summed E-state index contributed by atoms with van der Waals surface area (Å²) in [7, 11) is 0. The van der Waals surface area contributed by atoms with Crippen molar-refractivity contribution in [3.63, 3.8) is 0 Å². The van der Waals surface area contributed by atoms with Gasteiger partial charge >= 0.3 is 0 Å². The van der Waals surface area contributed by atoms with Gasteiger partial charge in [-0.25, -0.2) is 0 Å². The van der Waals surface area contributed by atoms with E-state index in [2.05, 4.69) is 45.9 Å². The van der Waals surface area contributed by atoms with Gasteiger partial charge in [-0.1, -0.05) is 37.6 Å². The van der Waals surface area contributed by atoms with Gasteiger partial charge in [0.25, 0.3) is 0 Å². The molecule has 1 aromatic rings. The monoisotopic (exact) mass is 176 g/mol. The molecule has 13 heavy (non-hydrogen) atoms. The third-order valence-corrected chi connectivity index (χ3v) is 2.86. The van der Waals surface area contributed by atoms with Crippen molar-refractivity contribution >= 4 is 0 Å². The van der Waals surface area contributed by atoms with Crippen LogP contribution in [0.25, 0.3) is 0 Å². The van der Waals surface area contributed by atoms with Gasteiger partial charge in [0.1, 0.15) is 0 Å². The highest BCUT2D eigenvalue weighted by Crippen LogP contribution is 2.26. The lowest BCUT2D eigenvalue weighted by atomic mass is 9.89. The summed E-state index contributed by atoms with van der Waals surface area (Å²) in [5.74, 6) is 0.750. The van der Waals surface area contributed by atoms with Crippen LogP contribution < -0.4 is 0 Å². The number of hydrogen-bond donors (Lipinski definition) is 0. The second-order valence-corrected chi connectivity index (χ2v) is 3.87. The number of benzene rings is 1. The molecule has 72 valence electrons. The summed E-state index contributed by atoms with van der Waals surface area (Å²) in [5, 5.41) is 0. The standard InChI is InChI=1S/C13H20/c1-5-12(6-2)13-9-10(3)7-8-11(13)4/h7-9,12H,5-6H2,1-4H3. The van der Waals surface area contributed by atoms with E-state index in [4.69, 9.17) is 0 Å². The summed E-state index contributed by atoms with van der Waals surface area (Å²) >= 11 is 0. The summed E-state index contributed by atoms with van der Waals surface area (Å²) in [4.78, 5) is 0. The molecule has 0 aliphatic carbocycles. The van der Waals surface area contributed by atoms with E-state index in [0.29, 0.717) is 0 Å². The van der Waals surface area contributed by atoms with Crippen LogP contribution in [0.3, 0.4) is 0 Å². The molecule has 0 aliphatic heterocycles. The van der Waals surface area contributed by atoms with Crippen LogP contribution in [-0.4, -0.2) is 0 Å². The third-order valence-electron chi connectivity index (χ3n) is 2.86. The Balaban J connectivity index is 3.03. The van der Waals surface area contributed by atoms with Crippen molar-refractivity contribution < 1.29 is 0 Å². The van der Waals surface area contributed by atoms with Crippen molar-refractivity contribution in [2.75, 3.05) is 0 Å². The minimum Gasteiger partial charge on any atom is -0.0648 e. The molecule has 0 bridgehead atoms. The molecule has 0 aromatic heterocycles. The first-order valence-electron chi connectivity index (χ1n) is 5.26. The van der Waals surface area contributed by atoms with Crippen LogP contribution in [0.5, 0.6) is 0 Å². The fraction of sp³-hybridized carbons (Fsp3) is 0.538. The van der Waals surface area contributed by atoms with E-state index in [0.717, 1.165) is 5.92 Å². The predicted molar refractivity (Wildman–Crippen MR) is 59.2 cm³/mol.